The zero-order chi connectivity index (χ0) is 28.7. The molecule has 0 saturated carbocycles. The highest BCUT2D eigenvalue weighted by Gasteiger charge is 2.36. The van der Waals surface area contributed by atoms with E-state index in [0.717, 1.165) is 50.1 Å². The quantitative estimate of drug-likeness (QED) is 0.289. The molecule has 0 spiro atoms. The van der Waals surface area contributed by atoms with Gasteiger partial charge in [-0.2, -0.15) is 4.98 Å². The molecule has 2 aliphatic rings. The van der Waals surface area contributed by atoms with E-state index in [0.29, 0.717) is 36.0 Å². The highest BCUT2D eigenvalue weighted by Crippen LogP contribution is 2.36. The van der Waals surface area contributed by atoms with Crippen molar-refractivity contribution in [2.75, 3.05) is 24.6 Å². The fourth-order valence-electron chi connectivity index (χ4n) is 6.30. The van der Waals surface area contributed by atoms with Crippen LogP contribution in [-0.2, 0) is 11.3 Å². The van der Waals surface area contributed by atoms with E-state index in [1.807, 2.05) is 13.0 Å². The molecular formula is C29H40ClFN8O. The number of piperazine rings is 1. The van der Waals surface area contributed by atoms with E-state index in [9.17, 15) is 4.39 Å². The van der Waals surface area contributed by atoms with Crippen molar-refractivity contribution in [3.05, 3.63) is 46.0 Å². The second-order valence-electron chi connectivity index (χ2n) is 11.7. The highest BCUT2D eigenvalue weighted by molar-refractivity contribution is 6.30. The number of ether oxygens (including phenoxy) is 1. The van der Waals surface area contributed by atoms with Crippen molar-refractivity contribution in [1.29, 1.82) is 10.8 Å². The molecule has 2 N–H and O–H groups in total. The molecule has 2 saturated heterocycles. The number of nitrogens with zero attached hydrogens (tertiary/aromatic N) is 6. The van der Waals surface area contributed by atoms with Gasteiger partial charge in [0.15, 0.2) is 11.5 Å². The van der Waals surface area contributed by atoms with Gasteiger partial charge < -0.3 is 14.2 Å². The van der Waals surface area contributed by atoms with Crippen LogP contribution >= 0.6 is 11.6 Å². The number of aromatic nitrogens is 4. The van der Waals surface area contributed by atoms with Crippen LogP contribution in [0.5, 0.6) is 0 Å². The fraction of sp³-hybridized carbons (Fsp3) is 0.586. The Labute approximate surface area is 239 Å². The summed E-state index contributed by atoms with van der Waals surface area (Å²) in [6.45, 7) is 13.5. The Morgan fingerprint density at radius 1 is 1.20 bits per heavy atom. The van der Waals surface area contributed by atoms with Crippen molar-refractivity contribution >= 4 is 34.9 Å². The van der Waals surface area contributed by atoms with Gasteiger partial charge in [-0.1, -0.05) is 31.5 Å². The third kappa shape index (κ3) is 5.41. The summed E-state index contributed by atoms with van der Waals surface area (Å²) in [4.78, 5) is 14.3. The molecule has 2 fully saturated rings. The maximum absolute atomic E-state index is 14.5. The van der Waals surface area contributed by atoms with Gasteiger partial charge in [-0.3, -0.25) is 20.3 Å². The molecule has 1 unspecified atom stereocenters. The lowest BCUT2D eigenvalue weighted by molar-refractivity contribution is 0.0958. The molecule has 4 atom stereocenters. The standard InChI is InChI=1S/C29H40ClFN8O/c1-17(2)11-25(21-8-9-23(30)24(31)12-21)36-13-19(4)37(14-18(36)3)27-26-28(39(16-32)29(33)35-27)38(20(5)34-26)15-22-7-6-10-40-22/h8-9,12,16-19,22,25,32-33H,6-7,10-11,13-15H2,1-5H3/t18-,19+,22+,25?/m1/s1. The van der Waals surface area contributed by atoms with Crippen LogP contribution in [0.4, 0.5) is 10.2 Å². The molecule has 0 amide bonds. The van der Waals surface area contributed by atoms with Crippen LogP contribution in [0.2, 0.25) is 5.02 Å². The summed E-state index contributed by atoms with van der Waals surface area (Å²) in [5.74, 6) is 1.53. The minimum absolute atomic E-state index is 0.00240. The zero-order valence-electron chi connectivity index (χ0n) is 24.0. The van der Waals surface area contributed by atoms with E-state index in [1.165, 1.54) is 4.57 Å². The normalized spacial score (nSPS) is 22.9. The van der Waals surface area contributed by atoms with Gasteiger partial charge in [-0.15, -0.1) is 0 Å². The Balaban J connectivity index is 1.51. The van der Waals surface area contributed by atoms with Gasteiger partial charge in [-0.05, 0) is 63.6 Å². The predicted octanol–water partition coefficient (Wildman–Crippen LogP) is 5.13. The van der Waals surface area contributed by atoms with Gasteiger partial charge in [0.1, 0.15) is 17.2 Å². The largest absolute Gasteiger partial charge is 0.376 e. The fourth-order valence-corrected chi connectivity index (χ4v) is 6.42. The lowest BCUT2D eigenvalue weighted by atomic mass is 9.92. The molecule has 216 valence electrons. The van der Waals surface area contributed by atoms with E-state index in [1.54, 1.807) is 12.1 Å². The minimum atomic E-state index is -0.389. The Kier molecular flexibility index (Phi) is 8.31. The predicted molar refractivity (Wildman–Crippen MR) is 156 cm³/mol. The minimum Gasteiger partial charge on any atom is -0.376 e. The highest BCUT2D eigenvalue weighted by atomic mass is 35.5. The summed E-state index contributed by atoms with van der Waals surface area (Å²) >= 11 is 6.01. The molecule has 2 aliphatic heterocycles. The van der Waals surface area contributed by atoms with Crippen LogP contribution in [0.3, 0.4) is 0 Å². The number of nitrogens with one attached hydrogen (secondary N) is 2. The zero-order valence-corrected chi connectivity index (χ0v) is 24.7. The number of hydrogen-bond acceptors (Lipinski definition) is 7. The Hall–Kier alpha value is -2.82. The molecule has 11 heteroatoms. The van der Waals surface area contributed by atoms with Gasteiger partial charge in [0, 0.05) is 37.8 Å². The number of imidazole rings is 1. The van der Waals surface area contributed by atoms with Crippen LogP contribution < -0.4 is 10.5 Å². The maximum atomic E-state index is 14.5. The summed E-state index contributed by atoms with van der Waals surface area (Å²) in [5, 5.41) is 16.9. The number of rotatable bonds is 8. The van der Waals surface area contributed by atoms with Crippen LogP contribution in [0.25, 0.3) is 11.2 Å². The van der Waals surface area contributed by atoms with E-state index in [4.69, 9.17) is 32.1 Å². The van der Waals surface area contributed by atoms with Gasteiger partial charge >= 0.3 is 0 Å². The van der Waals surface area contributed by atoms with Crippen molar-refractivity contribution in [2.24, 2.45) is 5.92 Å². The van der Waals surface area contributed by atoms with E-state index in [-0.39, 0.29) is 40.7 Å². The van der Waals surface area contributed by atoms with Gasteiger partial charge in [0.25, 0.3) is 0 Å². The number of fused-ring (bicyclic) bond motifs is 1. The van der Waals surface area contributed by atoms with Crippen molar-refractivity contribution in [1.82, 2.24) is 24.0 Å². The molecule has 0 aliphatic carbocycles. The molecule has 0 radical (unpaired) electrons. The average molecular weight is 571 g/mol. The number of halogens is 2. The van der Waals surface area contributed by atoms with Gasteiger partial charge in [0.2, 0.25) is 5.62 Å². The smallest absolute Gasteiger partial charge is 0.231 e. The summed E-state index contributed by atoms with van der Waals surface area (Å²) in [6.07, 6.45) is 4.16. The number of hydrogen-bond donors (Lipinski definition) is 2. The molecule has 40 heavy (non-hydrogen) atoms. The second kappa shape index (κ2) is 11.6. The first-order valence-corrected chi connectivity index (χ1v) is 14.6. The number of anilines is 1. The maximum Gasteiger partial charge on any atom is 0.231 e. The van der Waals surface area contributed by atoms with Crippen molar-refractivity contribution in [3.8, 4) is 0 Å². The molecule has 5 rings (SSSR count). The Bertz CT molecular complexity index is 1450. The van der Waals surface area contributed by atoms with Crippen molar-refractivity contribution < 1.29 is 9.13 Å². The molecule has 0 bridgehead atoms. The third-order valence-electron chi connectivity index (χ3n) is 8.28. The summed E-state index contributed by atoms with van der Waals surface area (Å²) < 4.78 is 24.0. The van der Waals surface area contributed by atoms with Crippen molar-refractivity contribution in [2.45, 2.75) is 84.7 Å². The van der Waals surface area contributed by atoms with E-state index in [2.05, 4.69) is 47.0 Å². The monoisotopic (exact) mass is 570 g/mol. The third-order valence-corrected chi connectivity index (χ3v) is 8.59. The first-order chi connectivity index (χ1) is 19.1. The van der Waals surface area contributed by atoms with E-state index >= 15 is 0 Å². The van der Waals surface area contributed by atoms with Crippen molar-refractivity contribution in [3.63, 3.8) is 0 Å². The molecule has 2 aromatic heterocycles. The lowest BCUT2D eigenvalue weighted by Crippen LogP contribution is -2.58. The van der Waals surface area contributed by atoms with Crippen LogP contribution in [0, 0.1) is 29.5 Å². The molecule has 9 nitrogen and oxygen atoms in total. The molecular weight excluding hydrogens is 531 g/mol. The Morgan fingerprint density at radius 2 is 1.98 bits per heavy atom. The number of aryl methyl sites for hydroxylation is 1. The first-order valence-electron chi connectivity index (χ1n) is 14.2. The van der Waals surface area contributed by atoms with Crippen LogP contribution in [-0.4, -0.2) is 68.2 Å². The first kappa shape index (κ1) is 28.7. The Morgan fingerprint density at radius 3 is 2.62 bits per heavy atom. The average Bonchev–Trinajstić information content (AvgIpc) is 3.53. The molecule has 4 heterocycles. The van der Waals surface area contributed by atoms with Crippen LogP contribution in [0.15, 0.2) is 18.2 Å². The molecule has 1 aromatic carbocycles. The topological polar surface area (TPSA) is 99.1 Å². The lowest BCUT2D eigenvalue weighted by Gasteiger charge is -2.48. The summed E-state index contributed by atoms with van der Waals surface area (Å²) in [6, 6.07) is 5.42. The number of benzene rings is 1. The summed E-state index contributed by atoms with van der Waals surface area (Å²) in [5.41, 5.74) is 2.34. The van der Waals surface area contributed by atoms with E-state index < -0.39 is 0 Å². The second-order valence-corrected chi connectivity index (χ2v) is 12.1. The van der Waals surface area contributed by atoms with Crippen LogP contribution in [0.1, 0.15) is 64.4 Å². The van der Waals surface area contributed by atoms with Gasteiger partial charge in [-0.25, -0.2) is 9.37 Å². The SMILES string of the molecule is Cc1nc2c(N3C[C@@H](C)N(C(CC(C)C)c4ccc(Cl)c(F)c4)C[C@@H]3C)nc(=N)n(C=N)c2n1C[C@@H]1CCCO1. The van der Waals surface area contributed by atoms with Gasteiger partial charge in [0.05, 0.1) is 24.0 Å². The molecule has 3 aromatic rings. The summed E-state index contributed by atoms with van der Waals surface area (Å²) in [7, 11) is 0.